The van der Waals surface area contributed by atoms with E-state index >= 15 is 0 Å². The fraction of sp³-hybridized carbons (Fsp3) is 0.462. The third-order valence-corrected chi connectivity index (χ3v) is 4.17. The van der Waals surface area contributed by atoms with Gasteiger partial charge in [0.15, 0.2) is 0 Å². The van der Waals surface area contributed by atoms with E-state index in [0.29, 0.717) is 25.3 Å². The zero-order valence-corrected chi connectivity index (χ0v) is 11.8. The Morgan fingerprint density at radius 3 is 3.11 bits per heavy atom. The zero-order valence-electron chi connectivity index (χ0n) is 10.2. The average molecular weight is 314 g/mol. The summed E-state index contributed by atoms with van der Waals surface area (Å²) in [6.45, 7) is 3.31. The van der Waals surface area contributed by atoms with Gasteiger partial charge < -0.3 is 14.7 Å². The van der Waals surface area contributed by atoms with E-state index in [0.717, 1.165) is 10.0 Å². The van der Waals surface area contributed by atoms with Gasteiger partial charge in [-0.2, -0.15) is 0 Å². The fourth-order valence-electron chi connectivity index (χ4n) is 2.04. The molecule has 0 saturated carbocycles. The number of benzene rings is 1. The highest BCUT2D eigenvalue weighted by atomic mass is 79.9. The van der Waals surface area contributed by atoms with Gasteiger partial charge in [-0.15, -0.1) is 0 Å². The molecule has 1 saturated heterocycles. The Kier molecular flexibility index (Phi) is 4.37. The minimum atomic E-state index is -0.251. The Bertz CT molecular complexity index is 450. The van der Waals surface area contributed by atoms with E-state index in [4.69, 9.17) is 4.74 Å². The van der Waals surface area contributed by atoms with Gasteiger partial charge in [-0.25, -0.2) is 0 Å². The van der Waals surface area contributed by atoms with Crippen LogP contribution in [0.5, 0.6) is 0 Å². The van der Waals surface area contributed by atoms with Crippen LogP contribution in [0, 0.1) is 6.92 Å². The number of ether oxygens (including phenoxy) is 1. The molecule has 0 spiro atoms. The van der Waals surface area contributed by atoms with Crippen LogP contribution in [0.15, 0.2) is 22.7 Å². The Labute approximate surface area is 115 Å². The first-order valence-electron chi connectivity index (χ1n) is 5.90. The number of aryl methyl sites for hydroxylation is 1. The van der Waals surface area contributed by atoms with Crippen molar-refractivity contribution in [2.75, 3.05) is 26.4 Å². The number of hydrogen-bond acceptors (Lipinski definition) is 3. The molecule has 0 aliphatic carbocycles. The largest absolute Gasteiger partial charge is 0.394 e. The molecule has 0 bridgehead atoms. The van der Waals surface area contributed by atoms with Crippen molar-refractivity contribution in [3.05, 3.63) is 33.8 Å². The number of carbonyl (C=O) groups is 1. The lowest BCUT2D eigenvalue weighted by Crippen LogP contribution is -2.50. The standard InChI is InChI=1S/C13H16BrNO3/c1-9-3-2-4-11(12(9)14)13(17)15-5-6-18-8-10(15)7-16/h2-4,10,16H,5-8H2,1H3. The molecule has 1 aromatic rings. The summed E-state index contributed by atoms with van der Waals surface area (Å²) in [6, 6.07) is 5.35. The Balaban J connectivity index is 2.27. The van der Waals surface area contributed by atoms with E-state index in [1.807, 2.05) is 19.1 Å². The van der Waals surface area contributed by atoms with Crippen LogP contribution in [0.3, 0.4) is 0 Å². The summed E-state index contributed by atoms with van der Waals surface area (Å²) in [5.41, 5.74) is 1.66. The number of nitrogens with zero attached hydrogens (tertiary/aromatic N) is 1. The maximum Gasteiger partial charge on any atom is 0.255 e. The normalized spacial score (nSPS) is 19.9. The molecule has 1 heterocycles. The molecule has 0 aromatic heterocycles. The lowest BCUT2D eigenvalue weighted by molar-refractivity contribution is -0.0184. The fourth-order valence-corrected chi connectivity index (χ4v) is 2.47. The maximum absolute atomic E-state index is 12.5. The van der Waals surface area contributed by atoms with E-state index in [2.05, 4.69) is 15.9 Å². The summed E-state index contributed by atoms with van der Waals surface area (Å²) in [7, 11) is 0. The summed E-state index contributed by atoms with van der Waals surface area (Å²) >= 11 is 3.45. The van der Waals surface area contributed by atoms with Gasteiger partial charge in [0.2, 0.25) is 0 Å². The minimum Gasteiger partial charge on any atom is -0.394 e. The van der Waals surface area contributed by atoms with Crippen molar-refractivity contribution in [2.45, 2.75) is 13.0 Å². The molecule has 1 amide bonds. The van der Waals surface area contributed by atoms with Gasteiger partial charge in [-0.3, -0.25) is 4.79 Å². The molecule has 98 valence electrons. The predicted octanol–water partition coefficient (Wildman–Crippen LogP) is 1.59. The molecule has 1 atom stereocenters. The second-order valence-electron chi connectivity index (χ2n) is 4.35. The van der Waals surface area contributed by atoms with E-state index in [1.54, 1.807) is 11.0 Å². The first kappa shape index (κ1) is 13.5. The molecule has 1 aliphatic heterocycles. The summed E-state index contributed by atoms with van der Waals surface area (Å²) < 4.78 is 6.10. The first-order valence-corrected chi connectivity index (χ1v) is 6.69. The predicted molar refractivity (Wildman–Crippen MR) is 71.6 cm³/mol. The Morgan fingerprint density at radius 1 is 1.61 bits per heavy atom. The van der Waals surface area contributed by atoms with Gasteiger partial charge in [-0.05, 0) is 34.5 Å². The topological polar surface area (TPSA) is 49.8 Å². The van der Waals surface area contributed by atoms with E-state index in [-0.39, 0.29) is 18.6 Å². The molecule has 1 unspecified atom stereocenters. The lowest BCUT2D eigenvalue weighted by Gasteiger charge is -2.34. The van der Waals surface area contributed by atoms with Crippen LogP contribution in [0.1, 0.15) is 15.9 Å². The summed E-state index contributed by atoms with van der Waals surface area (Å²) in [4.78, 5) is 14.2. The molecule has 1 aromatic carbocycles. The molecule has 0 radical (unpaired) electrons. The highest BCUT2D eigenvalue weighted by Gasteiger charge is 2.28. The summed E-state index contributed by atoms with van der Waals surface area (Å²) in [6.07, 6.45) is 0. The van der Waals surface area contributed by atoms with Gasteiger partial charge in [0.25, 0.3) is 5.91 Å². The van der Waals surface area contributed by atoms with E-state index in [1.165, 1.54) is 0 Å². The quantitative estimate of drug-likeness (QED) is 0.902. The molecule has 18 heavy (non-hydrogen) atoms. The minimum absolute atomic E-state index is 0.0621. The number of carbonyl (C=O) groups excluding carboxylic acids is 1. The van der Waals surface area contributed by atoms with Crippen LogP contribution in [0.4, 0.5) is 0 Å². The average Bonchev–Trinajstić information content (AvgIpc) is 2.41. The number of amides is 1. The summed E-state index contributed by atoms with van der Waals surface area (Å²) in [5.74, 6) is -0.0621. The van der Waals surface area contributed by atoms with Crippen molar-refractivity contribution in [1.82, 2.24) is 4.90 Å². The zero-order chi connectivity index (χ0) is 13.1. The van der Waals surface area contributed by atoms with Crippen LogP contribution in [0.25, 0.3) is 0 Å². The molecule has 1 fully saturated rings. The number of aliphatic hydroxyl groups excluding tert-OH is 1. The number of rotatable bonds is 2. The van der Waals surface area contributed by atoms with Crippen molar-refractivity contribution < 1.29 is 14.6 Å². The van der Waals surface area contributed by atoms with Gasteiger partial charge in [-0.1, -0.05) is 12.1 Å². The van der Waals surface area contributed by atoms with Gasteiger partial charge in [0.05, 0.1) is 31.4 Å². The van der Waals surface area contributed by atoms with Crippen LogP contribution in [-0.4, -0.2) is 48.3 Å². The monoisotopic (exact) mass is 313 g/mol. The SMILES string of the molecule is Cc1cccc(C(=O)N2CCOCC2CO)c1Br. The van der Waals surface area contributed by atoms with Gasteiger partial charge in [0.1, 0.15) is 0 Å². The van der Waals surface area contributed by atoms with Crippen LogP contribution < -0.4 is 0 Å². The smallest absolute Gasteiger partial charge is 0.255 e. The third kappa shape index (κ3) is 2.58. The van der Waals surface area contributed by atoms with Crippen LogP contribution in [0.2, 0.25) is 0 Å². The van der Waals surface area contributed by atoms with E-state index in [9.17, 15) is 9.90 Å². The first-order chi connectivity index (χ1) is 8.65. The van der Waals surface area contributed by atoms with Crippen molar-refractivity contribution >= 4 is 21.8 Å². The van der Waals surface area contributed by atoms with Crippen molar-refractivity contribution in [2.24, 2.45) is 0 Å². The molecule has 1 N–H and O–H groups in total. The van der Waals surface area contributed by atoms with Crippen LogP contribution >= 0.6 is 15.9 Å². The number of hydrogen-bond donors (Lipinski definition) is 1. The molecule has 1 aliphatic rings. The van der Waals surface area contributed by atoms with Crippen LogP contribution in [-0.2, 0) is 4.74 Å². The molecule has 4 nitrogen and oxygen atoms in total. The highest BCUT2D eigenvalue weighted by molar-refractivity contribution is 9.10. The van der Waals surface area contributed by atoms with Crippen molar-refractivity contribution in [1.29, 1.82) is 0 Å². The third-order valence-electron chi connectivity index (χ3n) is 3.12. The number of halogens is 1. The highest BCUT2D eigenvalue weighted by Crippen LogP contribution is 2.23. The van der Waals surface area contributed by atoms with Gasteiger partial charge >= 0.3 is 0 Å². The maximum atomic E-state index is 12.5. The molecular weight excluding hydrogens is 298 g/mol. The molecule has 2 rings (SSSR count). The second kappa shape index (κ2) is 5.82. The Morgan fingerprint density at radius 2 is 2.39 bits per heavy atom. The van der Waals surface area contributed by atoms with Gasteiger partial charge in [0, 0.05) is 11.0 Å². The number of aliphatic hydroxyl groups is 1. The molecular formula is C13H16BrNO3. The number of morpholine rings is 1. The molecule has 5 heteroatoms. The lowest BCUT2D eigenvalue weighted by atomic mass is 10.1. The second-order valence-corrected chi connectivity index (χ2v) is 5.14. The van der Waals surface area contributed by atoms with E-state index < -0.39 is 0 Å². The van der Waals surface area contributed by atoms with Crippen molar-refractivity contribution in [3.63, 3.8) is 0 Å². The Hall–Kier alpha value is -0.910. The summed E-state index contributed by atoms with van der Waals surface area (Å²) in [5, 5.41) is 9.30. The van der Waals surface area contributed by atoms with Crippen molar-refractivity contribution in [3.8, 4) is 0 Å².